The van der Waals surface area contributed by atoms with Crippen LogP contribution in [-0.4, -0.2) is 33.1 Å². The number of hydrogen-bond donors (Lipinski definition) is 2. The van der Waals surface area contributed by atoms with Crippen molar-refractivity contribution >= 4 is 50.7 Å². The Bertz CT molecular complexity index is 1200. The molecular formula is C20H16ClN5O2S. The predicted molar refractivity (Wildman–Crippen MR) is 114 cm³/mol. The van der Waals surface area contributed by atoms with Crippen molar-refractivity contribution in [2.45, 2.75) is 6.92 Å². The number of aromatic nitrogens is 3. The molecule has 29 heavy (non-hydrogen) atoms. The predicted octanol–water partition coefficient (Wildman–Crippen LogP) is 3.81. The smallest absolute Gasteiger partial charge is 0.261 e. The molecule has 0 saturated heterocycles. The summed E-state index contributed by atoms with van der Waals surface area (Å²) in [5, 5.41) is 11.4. The second kappa shape index (κ2) is 8.02. The fourth-order valence-electron chi connectivity index (χ4n) is 2.83. The van der Waals surface area contributed by atoms with E-state index in [0.717, 1.165) is 21.6 Å². The number of pyridine rings is 1. The van der Waals surface area contributed by atoms with E-state index in [1.54, 1.807) is 35.1 Å². The Morgan fingerprint density at radius 1 is 1.21 bits per heavy atom. The minimum absolute atomic E-state index is 0.138. The summed E-state index contributed by atoms with van der Waals surface area (Å²) >= 11 is 7.41. The summed E-state index contributed by atoms with van der Waals surface area (Å²) in [6, 6.07) is 12.6. The van der Waals surface area contributed by atoms with Crippen molar-refractivity contribution in [1.82, 2.24) is 20.1 Å². The van der Waals surface area contributed by atoms with Crippen LogP contribution in [0, 0.1) is 6.92 Å². The van der Waals surface area contributed by atoms with Gasteiger partial charge in [0.2, 0.25) is 5.91 Å². The molecule has 0 aliphatic heterocycles. The number of anilines is 1. The third kappa shape index (κ3) is 4.13. The second-order valence-corrected chi connectivity index (χ2v) is 7.75. The molecule has 0 bridgehead atoms. The number of amides is 2. The molecule has 7 nitrogen and oxygen atoms in total. The minimum atomic E-state index is -0.325. The monoisotopic (exact) mass is 425 g/mol. The normalized spacial score (nSPS) is 10.8. The number of halogens is 1. The molecule has 2 amide bonds. The highest BCUT2D eigenvalue weighted by Crippen LogP contribution is 2.30. The molecule has 0 radical (unpaired) electrons. The molecule has 2 N–H and O–H groups in total. The average Bonchev–Trinajstić information content (AvgIpc) is 3.28. The molecule has 0 spiro atoms. The van der Waals surface area contributed by atoms with E-state index in [9.17, 15) is 9.59 Å². The zero-order chi connectivity index (χ0) is 20.4. The number of hydrogen-bond acceptors (Lipinski definition) is 5. The van der Waals surface area contributed by atoms with E-state index in [0.29, 0.717) is 15.6 Å². The van der Waals surface area contributed by atoms with Gasteiger partial charge in [0, 0.05) is 16.6 Å². The molecule has 1 aromatic carbocycles. The van der Waals surface area contributed by atoms with Gasteiger partial charge in [-0.15, -0.1) is 11.3 Å². The molecule has 0 aliphatic carbocycles. The summed E-state index contributed by atoms with van der Waals surface area (Å²) in [6.07, 6.45) is 3.15. The number of nitrogens with zero attached hydrogens (tertiary/aromatic N) is 3. The van der Waals surface area contributed by atoms with E-state index in [4.69, 9.17) is 11.6 Å². The standard InChI is InChI=1S/C20H16ClN5O2S/c1-12-16-9-17(19(28)23-11-18(27)24-14-5-3-7-22-10-14)29-20(16)26(25-12)15-6-2-4-13(21)8-15/h2-10H,11H2,1H3,(H,23,28)(H,24,27). The van der Waals surface area contributed by atoms with Gasteiger partial charge in [-0.05, 0) is 43.3 Å². The van der Waals surface area contributed by atoms with Crippen molar-refractivity contribution in [3.63, 3.8) is 0 Å². The Hall–Kier alpha value is -3.23. The van der Waals surface area contributed by atoms with Gasteiger partial charge in [0.1, 0.15) is 4.83 Å². The highest BCUT2D eigenvalue weighted by atomic mass is 35.5. The zero-order valence-electron chi connectivity index (χ0n) is 15.3. The Labute approximate surface area is 175 Å². The lowest BCUT2D eigenvalue weighted by Gasteiger charge is -2.05. The summed E-state index contributed by atoms with van der Waals surface area (Å²) < 4.78 is 1.77. The summed E-state index contributed by atoms with van der Waals surface area (Å²) in [6.45, 7) is 1.75. The first-order valence-corrected chi connectivity index (χ1v) is 9.94. The first-order chi connectivity index (χ1) is 14.0. The molecule has 3 heterocycles. The van der Waals surface area contributed by atoms with Crippen LogP contribution >= 0.6 is 22.9 Å². The first kappa shape index (κ1) is 19.1. The van der Waals surface area contributed by atoms with Gasteiger partial charge in [-0.1, -0.05) is 17.7 Å². The number of benzene rings is 1. The summed E-state index contributed by atoms with van der Waals surface area (Å²) in [5.74, 6) is -0.640. The van der Waals surface area contributed by atoms with E-state index >= 15 is 0 Å². The molecule has 0 fully saturated rings. The molecule has 0 unspecified atom stereocenters. The molecule has 0 aliphatic rings. The van der Waals surface area contributed by atoms with Crippen LogP contribution < -0.4 is 10.6 Å². The lowest BCUT2D eigenvalue weighted by Crippen LogP contribution is -2.32. The van der Waals surface area contributed by atoms with Crippen molar-refractivity contribution in [1.29, 1.82) is 0 Å². The summed E-state index contributed by atoms with van der Waals surface area (Å²) in [5.41, 5.74) is 2.20. The van der Waals surface area contributed by atoms with Gasteiger partial charge in [0.05, 0.1) is 34.7 Å². The van der Waals surface area contributed by atoms with Gasteiger partial charge in [-0.3, -0.25) is 14.6 Å². The van der Waals surface area contributed by atoms with Crippen LogP contribution in [0.5, 0.6) is 0 Å². The SMILES string of the molecule is Cc1nn(-c2cccc(Cl)c2)c2sc(C(=O)NCC(=O)Nc3cccnc3)cc12. The van der Waals surface area contributed by atoms with Crippen molar-refractivity contribution in [3.8, 4) is 5.69 Å². The Morgan fingerprint density at radius 2 is 2.07 bits per heavy atom. The molecule has 4 aromatic rings. The Morgan fingerprint density at radius 3 is 2.83 bits per heavy atom. The van der Waals surface area contributed by atoms with E-state index in [2.05, 4.69) is 20.7 Å². The third-order valence-electron chi connectivity index (χ3n) is 4.18. The van der Waals surface area contributed by atoms with Gasteiger partial charge in [-0.25, -0.2) is 4.68 Å². The van der Waals surface area contributed by atoms with E-state index < -0.39 is 0 Å². The maximum Gasteiger partial charge on any atom is 0.261 e. The fraction of sp³-hybridized carbons (Fsp3) is 0.100. The Kier molecular flexibility index (Phi) is 5.28. The highest BCUT2D eigenvalue weighted by Gasteiger charge is 2.18. The number of carbonyl (C=O) groups is 2. The zero-order valence-corrected chi connectivity index (χ0v) is 16.9. The number of thiophene rings is 1. The van der Waals surface area contributed by atoms with Gasteiger partial charge in [-0.2, -0.15) is 5.10 Å². The van der Waals surface area contributed by atoms with Crippen LogP contribution in [0.15, 0.2) is 54.9 Å². The van der Waals surface area contributed by atoms with Gasteiger partial charge >= 0.3 is 0 Å². The van der Waals surface area contributed by atoms with Crippen molar-refractivity contribution in [2.24, 2.45) is 0 Å². The topological polar surface area (TPSA) is 88.9 Å². The van der Waals surface area contributed by atoms with Crippen LogP contribution in [0.4, 0.5) is 5.69 Å². The first-order valence-electron chi connectivity index (χ1n) is 8.74. The van der Waals surface area contributed by atoms with Gasteiger partial charge in [0.15, 0.2) is 0 Å². The number of aryl methyl sites for hydroxylation is 1. The van der Waals surface area contributed by atoms with Crippen molar-refractivity contribution < 1.29 is 9.59 Å². The van der Waals surface area contributed by atoms with Crippen molar-refractivity contribution in [3.05, 3.63) is 70.5 Å². The number of nitrogens with one attached hydrogen (secondary N) is 2. The molecule has 0 atom stereocenters. The highest BCUT2D eigenvalue weighted by molar-refractivity contribution is 7.20. The van der Waals surface area contributed by atoms with Crippen LogP contribution in [0.2, 0.25) is 5.02 Å². The summed E-state index contributed by atoms with van der Waals surface area (Å²) in [4.78, 5) is 29.8. The van der Waals surface area contributed by atoms with Crippen LogP contribution in [0.3, 0.4) is 0 Å². The van der Waals surface area contributed by atoms with Crippen LogP contribution in [0.1, 0.15) is 15.4 Å². The lowest BCUT2D eigenvalue weighted by molar-refractivity contribution is -0.115. The molecule has 4 rings (SSSR count). The third-order valence-corrected chi connectivity index (χ3v) is 5.52. The van der Waals surface area contributed by atoms with Gasteiger partial charge < -0.3 is 10.6 Å². The molecule has 3 aromatic heterocycles. The Balaban J connectivity index is 1.50. The van der Waals surface area contributed by atoms with Crippen LogP contribution in [-0.2, 0) is 4.79 Å². The molecule has 9 heteroatoms. The minimum Gasteiger partial charge on any atom is -0.342 e. The van der Waals surface area contributed by atoms with Crippen LogP contribution in [0.25, 0.3) is 15.9 Å². The average molecular weight is 426 g/mol. The molecular weight excluding hydrogens is 410 g/mol. The lowest BCUT2D eigenvalue weighted by atomic mass is 10.3. The maximum atomic E-state index is 12.5. The van der Waals surface area contributed by atoms with E-state index in [1.165, 1.54) is 17.5 Å². The van der Waals surface area contributed by atoms with E-state index in [-0.39, 0.29) is 18.4 Å². The maximum absolute atomic E-state index is 12.5. The number of carbonyl (C=O) groups excluding carboxylic acids is 2. The second-order valence-electron chi connectivity index (χ2n) is 6.28. The summed E-state index contributed by atoms with van der Waals surface area (Å²) in [7, 11) is 0. The largest absolute Gasteiger partial charge is 0.342 e. The van der Waals surface area contributed by atoms with Gasteiger partial charge in [0.25, 0.3) is 5.91 Å². The van der Waals surface area contributed by atoms with E-state index in [1.807, 2.05) is 25.1 Å². The number of fused-ring (bicyclic) bond motifs is 1. The molecule has 146 valence electrons. The quantitative estimate of drug-likeness (QED) is 0.508. The molecule has 0 saturated carbocycles. The van der Waals surface area contributed by atoms with Crippen molar-refractivity contribution in [2.75, 3.05) is 11.9 Å². The number of rotatable bonds is 5. The fourth-order valence-corrected chi connectivity index (χ4v) is 4.12.